The molecule has 1 amide bonds. The molecule has 0 unspecified atom stereocenters. The van der Waals surface area contributed by atoms with Crippen LogP contribution >= 0.6 is 0 Å². The van der Waals surface area contributed by atoms with E-state index >= 15 is 0 Å². The summed E-state index contributed by atoms with van der Waals surface area (Å²) in [7, 11) is 1.27. The van der Waals surface area contributed by atoms with Gasteiger partial charge in [-0.05, 0) is 42.4 Å². The number of H-pyrrole nitrogens is 1. The molecule has 0 aliphatic rings. The van der Waals surface area contributed by atoms with E-state index in [1.54, 1.807) is 0 Å². The number of nitrogens with two attached hydrogens (primary N) is 1. The average molecular weight is 476 g/mol. The summed E-state index contributed by atoms with van der Waals surface area (Å²) in [6.07, 6.45) is -4.62. The Balaban J connectivity index is 1.87. The zero-order chi connectivity index (χ0) is 25.0. The van der Waals surface area contributed by atoms with Gasteiger partial charge >= 0.3 is 6.18 Å². The summed E-state index contributed by atoms with van der Waals surface area (Å²) in [4.78, 5) is 18.3. The number of ether oxygens (including phenoxy) is 1. The smallest absolute Gasteiger partial charge is 0.417 e. The maximum absolute atomic E-state index is 13.6. The van der Waals surface area contributed by atoms with Crippen molar-refractivity contribution in [3.05, 3.63) is 64.8 Å². The van der Waals surface area contributed by atoms with Gasteiger partial charge in [0.25, 0.3) is 5.91 Å². The molecular weight excluding hydrogens is 447 g/mol. The molecule has 2 aromatic carbocycles. The minimum Gasteiger partial charge on any atom is -0.487 e. The molecule has 0 aliphatic carbocycles. The molecule has 7 nitrogen and oxygen atoms in total. The van der Waals surface area contributed by atoms with E-state index in [2.05, 4.69) is 23.7 Å². The summed E-state index contributed by atoms with van der Waals surface area (Å²) in [5, 5.41) is 7.20. The number of nitrogens with one attached hydrogen (secondary N) is 2. The summed E-state index contributed by atoms with van der Waals surface area (Å²) >= 11 is 0. The van der Waals surface area contributed by atoms with Crippen LogP contribution in [-0.2, 0) is 19.3 Å². The van der Waals surface area contributed by atoms with Gasteiger partial charge < -0.3 is 15.5 Å². The van der Waals surface area contributed by atoms with Crippen molar-refractivity contribution in [2.24, 2.45) is 5.73 Å². The molecule has 0 fully saturated rings. The van der Waals surface area contributed by atoms with Crippen molar-refractivity contribution in [3.8, 4) is 5.75 Å². The third-order valence-electron chi connectivity index (χ3n) is 5.68. The van der Waals surface area contributed by atoms with Crippen molar-refractivity contribution in [2.45, 2.75) is 33.2 Å². The summed E-state index contributed by atoms with van der Waals surface area (Å²) in [6.45, 7) is 7.09. The summed E-state index contributed by atoms with van der Waals surface area (Å²) in [6, 6.07) is 11.1. The molecule has 10 heteroatoms. The number of alkyl halides is 3. The van der Waals surface area contributed by atoms with Gasteiger partial charge in [0.2, 0.25) is 0 Å². The lowest BCUT2D eigenvalue weighted by Crippen LogP contribution is -2.38. The van der Waals surface area contributed by atoms with Gasteiger partial charge in [-0.2, -0.15) is 13.2 Å². The fourth-order valence-corrected chi connectivity index (χ4v) is 3.57. The SMILES string of the molecule is CCN(CC)Cc1ccc(COc2ccc(C(F)(F)F)c3cc(C(=O)N(C)C(=N)N)[nH]c23)cc1. The summed E-state index contributed by atoms with van der Waals surface area (Å²) < 4.78 is 46.5. The quantitative estimate of drug-likeness (QED) is 0.328. The maximum atomic E-state index is 13.6. The molecular formula is C24H28F3N5O2. The topological polar surface area (TPSA) is 98.4 Å². The lowest BCUT2D eigenvalue weighted by molar-refractivity contribution is -0.136. The van der Waals surface area contributed by atoms with Crippen LogP contribution in [0.15, 0.2) is 42.5 Å². The van der Waals surface area contributed by atoms with E-state index in [4.69, 9.17) is 15.9 Å². The van der Waals surface area contributed by atoms with Gasteiger partial charge in [0, 0.05) is 19.0 Å². The molecule has 1 aromatic heterocycles. The van der Waals surface area contributed by atoms with E-state index in [0.717, 1.165) is 47.8 Å². The van der Waals surface area contributed by atoms with E-state index in [1.165, 1.54) is 13.1 Å². The Morgan fingerprint density at radius 1 is 1.09 bits per heavy atom. The van der Waals surface area contributed by atoms with Crippen LogP contribution in [0.25, 0.3) is 10.9 Å². The summed E-state index contributed by atoms with van der Waals surface area (Å²) in [5.41, 5.74) is 6.37. The molecule has 34 heavy (non-hydrogen) atoms. The largest absolute Gasteiger partial charge is 0.487 e. The molecule has 4 N–H and O–H groups in total. The second-order valence-corrected chi connectivity index (χ2v) is 7.90. The summed E-state index contributed by atoms with van der Waals surface area (Å²) in [5.74, 6) is -1.08. The normalized spacial score (nSPS) is 11.7. The van der Waals surface area contributed by atoms with Gasteiger partial charge in [0.1, 0.15) is 18.1 Å². The maximum Gasteiger partial charge on any atom is 0.417 e. The number of halogens is 3. The fourth-order valence-electron chi connectivity index (χ4n) is 3.57. The monoisotopic (exact) mass is 475 g/mol. The molecule has 3 aromatic rings. The zero-order valence-electron chi connectivity index (χ0n) is 19.3. The molecule has 182 valence electrons. The van der Waals surface area contributed by atoms with Crippen LogP contribution in [0.4, 0.5) is 13.2 Å². The lowest BCUT2D eigenvalue weighted by atomic mass is 10.1. The van der Waals surface area contributed by atoms with Crippen molar-refractivity contribution in [1.82, 2.24) is 14.8 Å². The van der Waals surface area contributed by atoms with Crippen molar-refractivity contribution < 1.29 is 22.7 Å². The van der Waals surface area contributed by atoms with Crippen LogP contribution < -0.4 is 10.5 Å². The Labute approximate surface area is 195 Å². The number of amides is 1. The lowest BCUT2D eigenvalue weighted by Gasteiger charge is -2.18. The Morgan fingerprint density at radius 3 is 2.26 bits per heavy atom. The number of nitrogens with zero attached hydrogens (tertiary/aromatic N) is 2. The first-order valence-corrected chi connectivity index (χ1v) is 10.8. The van der Waals surface area contributed by atoms with E-state index in [-0.39, 0.29) is 29.0 Å². The Bertz CT molecular complexity index is 1170. The Hall–Kier alpha value is -3.53. The van der Waals surface area contributed by atoms with Crippen LogP contribution in [-0.4, -0.2) is 46.8 Å². The minimum absolute atomic E-state index is 0.0493. The van der Waals surface area contributed by atoms with E-state index in [1.807, 2.05) is 24.3 Å². The van der Waals surface area contributed by atoms with Gasteiger partial charge in [-0.15, -0.1) is 0 Å². The van der Waals surface area contributed by atoms with E-state index in [9.17, 15) is 18.0 Å². The van der Waals surface area contributed by atoms with Gasteiger partial charge in [0.15, 0.2) is 5.96 Å². The molecule has 0 aliphatic heterocycles. The third-order valence-corrected chi connectivity index (χ3v) is 5.68. The van der Waals surface area contributed by atoms with Crippen molar-refractivity contribution in [1.29, 1.82) is 5.41 Å². The van der Waals surface area contributed by atoms with E-state index in [0.29, 0.717) is 0 Å². The highest BCUT2D eigenvalue weighted by atomic mass is 19.4. The average Bonchev–Trinajstić information content (AvgIpc) is 3.25. The van der Waals surface area contributed by atoms with Crippen LogP contribution in [0.3, 0.4) is 0 Å². The van der Waals surface area contributed by atoms with Crippen LogP contribution in [0.2, 0.25) is 0 Å². The van der Waals surface area contributed by atoms with Crippen molar-refractivity contribution in [3.63, 3.8) is 0 Å². The molecule has 0 bridgehead atoms. The number of fused-ring (bicyclic) bond motifs is 1. The molecule has 0 radical (unpaired) electrons. The van der Waals surface area contributed by atoms with Gasteiger partial charge in [-0.1, -0.05) is 38.1 Å². The van der Waals surface area contributed by atoms with Crippen LogP contribution in [0.1, 0.15) is 41.0 Å². The zero-order valence-corrected chi connectivity index (χ0v) is 19.3. The second kappa shape index (κ2) is 10.2. The molecule has 0 atom stereocenters. The fraction of sp³-hybridized carbons (Fsp3) is 0.333. The van der Waals surface area contributed by atoms with Gasteiger partial charge in [0.05, 0.1) is 11.1 Å². The number of carbonyl (C=O) groups is 1. The number of carbonyl (C=O) groups excluding carboxylic acids is 1. The number of aromatic amines is 1. The van der Waals surface area contributed by atoms with E-state index < -0.39 is 23.6 Å². The Kier molecular flexibility index (Phi) is 7.51. The predicted octanol–water partition coefficient (Wildman–Crippen LogP) is 4.57. The first kappa shape index (κ1) is 25.1. The number of benzene rings is 2. The standard InChI is InChI=1S/C24H28F3N5O2/c1-4-32(5-2)13-15-6-8-16(9-7-15)14-34-20-11-10-18(24(25,26)27)17-12-19(30-21(17)20)22(33)31(3)23(28)29/h6-12,30H,4-5,13-14H2,1-3H3,(H3,28,29). The third kappa shape index (κ3) is 5.51. The second-order valence-electron chi connectivity index (χ2n) is 7.90. The number of hydrogen-bond donors (Lipinski definition) is 3. The van der Waals surface area contributed by atoms with Crippen molar-refractivity contribution in [2.75, 3.05) is 20.1 Å². The highest BCUT2D eigenvalue weighted by molar-refractivity contribution is 6.06. The minimum atomic E-state index is -4.62. The predicted molar refractivity (Wildman–Crippen MR) is 125 cm³/mol. The Morgan fingerprint density at radius 2 is 1.71 bits per heavy atom. The number of guanidine groups is 1. The number of rotatable bonds is 8. The van der Waals surface area contributed by atoms with Gasteiger partial charge in [-0.25, -0.2) is 0 Å². The van der Waals surface area contributed by atoms with Crippen molar-refractivity contribution >= 4 is 22.8 Å². The van der Waals surface area contributed by atoms with Crippen LogP contribution in [0, 0.1) is 5.41 Å². The van der Waals surface area contributed by atoms with Gasteiger partial charge in [-0.3, -0.25) is 20.0 Å². The molecule has 0 saturated carbocycles. The first-order chi connectivity index (χ1) is 16.0. The molecule has 3 rings (SSSR count). The highest BCUT2D eigenvalue weighted by Gasteiger charge is 2.34. The molecule has 0 spiro atoms. The first-order valence-electron chi connectivity index (χ1n) is 10.8. The molecule has 0 saturated heterocycles. The van der Waals surface area contributed by atoms with Crippen LogP contribution in [0.5, 0.6) is 5.75 Å². The number of aromatic nitrogens is 1. The highest BCUT2D eigenvalue weighted by Crippen LogP contribution is 2.39. The molecule has 1 heterocycles. The number of hydrogen-bond acceptors (Lipinski definition) is 4.